The van der Waals surface area contributed by atoms with Gasteiger partial charge in [-0.3, -0.25) is 14.3 Å². The molecule has 0 aliphatic rings. The molecule has 0 aliphatic carbocycles. The number of esters is 1. The molecule has 0 aliphatic heterocycles. The number of para-hydroxylation sites is 2. The molecule has 9 heteroatoms. The molecule has 8 nitrogen and oxygen atoms in total. The highest BCUT2D eigenvalue weighted by atomic mass is 32.2. The number of hydrogen-bond acceptors (Lipinski definition) is 6. The fourth-order valence-electron chi connectivity index (χ4n) is 2.70. The summed E-state index contributed by atoms with van der Waals surface area (Å²) in [5, 5.41) is 2.78. The topological polar surface area (TPSA) is 111 Å². The Kier molecular flexibility index (Phi) is 8.67. The number of unbranched alkanes of at least 4 members (excludes halogenated alkanes) is 2. The minimum Gasteiger partial charge on any atom is -0.495 e. The van der Waals surface area contributed by atoms with Crippen LogP contribution in [0.15, 0.2) is 53.4 Å². The lowest BCUT2D eigenvalue weighted by molar-refractivity contribution is -0.140. The van der Waals surface area contributed by atoms with Crippen LogP contribution in [0.5, 0.6) is 5.75 Å². The van der Waals surface area contributed by atoms with Crippen LogP contribution in [-0.4, -0.2) is 41.1 Å². The molecule has 0 saturated heterocycles. The van der Waals surface area contributed by atoms with Crippen molar-refractivity contribution in [2.24, 2.45) is 0 Å². The largest absolute Gasteiger partial charge is 0.495 e. The molecular formula is C21H26N2O6S. The van der Waals surface area contributed by atoms with Gasteiger partial charge in [-0.05, 0) is 49.2 Å². The maximum atomic E-state index is 12.6. The van der Waals surface area contributed by atoms with E-state index in [0.717, 1.165) is 12.8 Å². The van der Waals surface area contributed by atoms with E-state index in [2.05, 4.69) is 14.8 Å². The summed E-state index contributed by atoms with van der Waals surface area (Å²) in [6, 6.07) is 12.4. The van der Waals surface area contributed by atoms with Crippen LogP contribution < -0.4 is 14.8 Å². The number of amides is 1. The average Bonchev–Trinajstić information content (AvgIpc) is 2.76. The molecule has 162 valence electrons. The highest BCUT2D eigenvalue weighted by Crippen LogP contribution is 2.26. The second kappa shape index (κ2) is 11.2. The first-order valence-corrected chi connectivity index (χ1v) is 11.0. The lowest BCUT2D eigenvalue weighted by Gasteiger charge is -2.12. The number of hydrogen-bond donors (Lipinski definition) is 2. The Labute approximate surface area is 176 Å². The molecule has 0 heterocycles. The van der Waals surface area contributed by atoms with Crippen molar-refractivity contribution >= 4 is 27.6 Å². The van der Waals surface area contributed by atoms with Gasteiger partial charge in [0.15, 0.2) is 0 Å². The van der Waals surface area contributed by atoms with Gasteiger partial charge < -0.3 is 14.8 Å². The van der Waals surface area contributed by atoms with E-state index in [1.54, 1.807) is 24.3 Å². The van der Waals surface area contributed by atoms with Crippen LogP contribution in [0.25, 0.3) is 0 Å². The van der Waals surface area contributed by atoms with Gasteiger partial charge in [-0.25, -0.2) is 8.42 Å². The fraction of sp³-hybridized carbons (Fsp3) is 0.333. The van der Waals surface area contributed by atoms with Gasteiger partial charge in [0, 0.05) is 18.5 Å². The number of methoxy groups -OCH3 is 2. The zero-order valence-corrected chi connectivity index (χ0v) is 17.8. The molecule has 0 aromatic heterocycles. The third kappa shape index (κ3) is 6.77. The molecule has 2 rings (SSSR count). The fourth-order valence-corrected chi connectivity index (χ4v) is 3.77. The second-order valence-electron chi connectivity index (χ2n) is 6.47. The van der Waals surface area contributed by atoms with Crippen LogP contribution in [0.3, 0.4) is 0 Å². The van der Waals surface area contributed by atoms with Crippen LogP contribution in [-0.2, 0) is 19.6 Å². The minimum atomic E-state index is -3.82. The van der Waals surface area contributed by atoms with E-state index in [-0.39, 0.29) is 16.8 Å². The summed E-state index contributed by atoms with van der Waals surface area (Å²) in [4.78, 5) is 23.3. The van der Waals surface area contributed by atoms with Crippen molar-refractivity contribution in [1.29, 1.82) is 0 Å². The standard InChI is InChI=1S/C21H26N2O6S/c1-28-19-9-6-5-8-18(19)23-30(26,27)17-13-11-16(12-14-17)21(25)22-15-7-3-4-10-20(24)29-2/h5-6,8-9,11-14,23H,3-4,7,10,15H2,1-2H3,(H,22,25). The smallest absolute Gasteiger partial charge is 0.305 e. The molecule has 30 heavy (non-hydrogen) atoms. The van der Waals surface area contributed by atoms with E-state index >= 15 is 0 Å². The van der Waals surface area contributed by atoms with E-state index in [4.69, 9.17) is 4.74 Å². The molecule has 0 spiro atoms. The van der Waals surface area contributed by atoms with Gasteiger partial charge in [0.2, 0.25) is 0 Å². The zero-order valence-electron chi connectivity index (χ0n) is 17.0. The van der Waals surface area contributed by atoms with E-state index in [1.165, 1.54) is 38.5 Å². The van der Waals surface area contributed by atoms with Gasteiger partial charge in [-0.15, -0.1) is 0 Å². The summed E-state index contributed by atoms with van der Waals surface area (Å²) in [5.41, 5.74) is 0.690. The van der Waals surface area contributed by atoms with Crippen LogP contribution in [0.1, 0.15) is 36.0 Å². The van der Waals surface area contributed by atoms with E-state index < -0.39 is 10.0 Å². The Hall–Kier alpha value is -3.07. The van der Waals surface area contributed by atoms with Crippen molar-refractivity contribution in [3.8, 4) is 5.75 Å². The van der Waals surface area contributed by atoms with Crippen LogP contribution >= 0.6 is 0 Å². The number of ether oxygens (including phenoxy) is 2. The lowest BCUT2D eigenvalue weighted by Crippen LogP contribution is -2.24. The van der Waals surface area contributed by atoms with Crippen molar-refractivity contribution in [2.45, 2.75) is 30.6 Å². The first-order chi connectivity index (χ1) is 14.4. The van der Waals surface area contributed by atoms with Gasteiger partial charge >= 0.3 is 5.97 Å². The molecule has 2 aromatic rings. The molecule has 0 atom stereocenters. The lowest BCUT2D eigenvalue weighted by atomic mass is 10.2. The Balaban J connectivity index is 1.89. The van der Waals surface area contributed by atoms with Gasteiger partial charge in [0.05, 0.1) is 24.8 Å². The van der Waals surface area contributed by atoms with Gasteiger partial charge in [-0.2, -0.15) is 0 Å². The molecule has 0 unspecified atom stereocenters. The maximum absolute atomic E-state index is 12.6. The van der Waals surface area contributed by atoms with Gasteiger partial charge in [0.1, 0.15) is 5.75 Å². The summed E-state index contributed by atoms with van der Waals surface area (Å²) < 4.78 is 37.4. The summed E-state index contributed by atoms with van der Waals surface area (Å²) >= 11 is 0. The molecule has 0 bridgehead atoms. The number of benzene rings is 2. The van der Waals surface area contributed by atoms with Crippen molar-refractivity contribution in [3.63, 3.8) is 0 Å². The predicted molar refractivity (Wildman–Crippen MR) is 113 cm³/mol. The number of rotatable bonds is 11. The van der Waals surface area contributed by atoms with Crippen molar-refractivity contribution < 1.29 is 27.5 Å². The highest BCUT2D eigenvalue weighted by molar-refractivity contribution is 7.92. The summed E-state index contributed by atoms with van der Waals surface area (Å²) in [5.74, 6) is -0.123. The van der Waals surface area contributed by atoms with Crippen LogP contribution in [0.4, 0.5) is 5.69 Å². The minimum absolute atomic E-state index is 0.0350. The third-order valence-corrected chi connectivity index (χ3v) is 5.73. The number of carbonyl (C=O) groups is 2. The van der Waals surface area contributed by atoms with Crippen LogP contribution in [0, 0.1) is 0 Å². The van der Waals surface area contributed by atoms with Crippen molar-refractivity contribution in [2.75, 3.05) is 25.5 Å². The molecule has 0 radical (unpaired) electrons. The van der Waals surface area contributed by atoms with Crippen LogP contribution in [0.2, 0.25) is 0 Å². The molecule has 1 amide bonds. The maximum Gasteiger partial charge on any atom is 0.305 e. The number of nitrogens with one attached hydrogen (secondary N) is 2. The first kappa shape index (κ1) is 23.2. The van der Waals surface area contributed by atoms with Gasteiger partial charge in [-0.1, -0.05) is 18.6 Å². The number of carbonyl (C=O) groups excluding carboxylic acids is 2. The molecular weight excluding hydrogens is 408 g/mol. The molecule has 0 fully saturated rings. The summed E-state index contributed by atoms with van der Waals surface area (Å²) in [6.07, 6.45) is 2.59. The van der Waals surface area contributed by atoms with E-state index in [0.29, 0.717) is 36.4 Å². The predicted octanol–water partition coefficient (Wildman–Crippen LogP) is 2.96. The second-order valence-corrected chi connectivity index (χ2v) is 8.16. The monoisotopic (exact) mass is 434 g/mol. The third-order valence-electron chi connectivity index (χ3n) is 4.35. The molecule has 0 saturated carbocycles. The van der Waals surface area contributed by atoms with Crippen molar-refractivity contribution in [3.05, 3.63) is 54.1 Å². The number of anilines is 1. The molecule has 2 aromatic carbocycles. The summed E-state index contributed by atoms with van der Waals surface area (Å²) in [6.45, 7) is 0.468. The Morgan fingerprint density at radius 1 is 0.933 bits per heavy atom. The Morgan fingerprint density at radius 3 is 2.30 bits per heavy atom. The number of sulfonamides is 1. The first-order valence-electron chi connectivity index (χ1n) is 9.48. The Morgan fingerprint density at radius 2 is 1.63 bits per heavy atom. The SMILES string of the molecule is COC(=O)CCCCCNC(=O)c1ccc(S(=O)(=O)Nc2ccccc2OC)cc1. The highest BCUT2D eigenvalue weighted by Gasteiger charge is 2.17. The van der Waals surface area contributed by atoms with Gasteiger partial charge in [0.25, 0.3) is 15.9 Å². The van der Waals surface area contributed by atoms with E-state index in [9.17, 15) is 18.0 Å². The van der Waals surface area contributed by atoms with E-state index in [1.807, 2.05) is 0 Å². The van der Waals surface area contributed by atoms with Crippen molar-refractivity contribution in [1.82, 2.24) is 5.32 Å². The Bertz CT molecular complexity index is 958. The zero-order chi connectivity index (χ0) is 22.0. The normalized spacial score (nSPS) is 10.9. The quantitative estimate of drug-likeness (QED) is 0.416. The molecule has 2 N–H and O–H groups in total. The average molecular weight is 435 g/mol. The summed E-state index contributed by atoms with van der Waals surface area (Å²) in [7, 11) is -1.01.